The average molecular weight is 196 g/mol. The molecule has 3 heteroatoms. The van der Waals surface area contributed by atoms with Crippen molar-refractivity contribution in [1.82, 2.24) is 5.43 Å². The summed E-state index contributed by atoms with van der Waals surface area (Å²) in [5, 5.41) is 2.13. The van der Waals surface area contributed by atoms with Gasteiger partial charge in [0.2, 0.25) is 0 Å². The highest BCUT2D eigenvalue weighted by atomic mass is 32.1. The minimum absolute atomic E-state index is 0.478. The summed E-state index contributed by atoms with van der Waals surface area (Å²) in [4.78, 5) is 1.43. The molecule has 1 heterocycles. The predicted octanol–water partition coefficient (Wildman–Crippen LogP) is 1.92. The highest BCUT2D eigenvalue weighted by Gasteiger charge is 2.25. The van der Waals surface area contributed by atoms with E-state index in [1.165, 1.54) is 24.1 Å². The maximum Gasteiger partial charge on any atom is 0.0261 e. The van der Waals surface area contributed by atoms with Gasteiger partial charge in [0, 0.05) is 10.9 Å². The van der Waals surface area contributed by atoms with Crippen LogP contribution >= 0.6 is 11.3 Å². The second-order valence-corrected chi connectivity index (χ2v) is 4.86. The Morgan fingerprint density at radius 3 is 3.00 bits per heavy atom. The number of hydrazine groups is 1. The Balaban J connectivity index is 1.82. The lowest BCUT2D eigenvalue weighted by Crippen LogP contribution is -2.36. The third kappa shape index (κ3) is 2.79. The van der Waals surface area contributed by atoms with Gasteiger partial charge in [-0.25, -0.2) is 0 Å². The summed E-state index contributed by atoms with van der Waals surface area (Å²) in [6, 6.07) is 4.76. The van der Waals surface area contributed by atoms with Crippen LogP contribution in [0.25, 0.3) is 0 Å². The first-order valence-corrected chi connectivity index (χ1v) is 5.75. The molecular weight excluding hydrogens is 180 g/mol. The molecule has 1 atom stereocenters. The Kier molecular flexibility index (Phi) is 2.98. The van der Waals surface area contributed by atoms with Crippen LogP contribution in [-0.4, -0.2) is 6.04 Å². The third-order valence-corrected chi connectivity index (χ3v) is 3.48. The van der Waals surface area contributed by atoms with Crippen molar-refractivity contribution in [1.29, 1.82) is 0 Å². The summed E-state index contributed by atoms with van der Waals surface area (Å²) >= 11 is 1.82. The first kappa shape index (κ1) is 9.19. The number of thiophene rings is 1. The van der Waals surface area contributed by atoms with E-state index in [4.69, 9.17) is 5.84 Å². The molecule has 0 spiro atoms. The summed E-state index contributed by atoms with van der Waals surface area (Å²) in [5.41, 5.74) is 2.92. The molecule has 72 valence electrons. The monoisotopic (exact) mass is 196 g/mol. The predicted molar refractivity (Wildman–Crippen MR) is 56.5 cm³/mol. The van der Waals surface area contributed by atoms with Crippen LogP contribution in [0.3, 0.4) is 0 Å². The summed E-state index contributed by atoms with van der Waals surface area (Å²) in [6.07, 6.45) is 5.14. The summed E-state index contributed by atoms with van der Waals surface area (Å²) in [5.74, 6) is 6.47. The lowest BCUT2D eigenvalue weighted by molar-refractivity contribution is 0.468. The van der Waals surface area contributed by atoms with E-state index in [-0.39, 0.29) is 0 Å². The Bertz CT molecular complexity index is 241. The van der Waals surface area contributed by atoms with Crippen molar-refractivity contribution in [3.8, 4) is 0 Å². The molecule has 1 aromatic heterocycles. The van der Waals surface area contributed by atoms with E-state index in [1.54, 1.807) is 0 Å². The molecule has 1 fully saturated rings. The van der Waals surface area contributed by atoms with Gasteiger partial charge in [0.25, 0.3) is 0 Å². The molecule has 1 unspecified atom stereocenters. The lowest BCUT2D eigenvalue weighted by Gasteiger charge is -2.13. The number of hydrogen-bond acceptors (Lipinski definition) is 3. The molecule has 1 aliphatic carbocycles. The zero-order chi connectivity index (χ0) is 9.10. The summed E-state index contributed by atoms with van der Waals surface area (Å²) in [6.45, 7) is 0. The summed E-state index contributed by atoms with van der Waals surface area (Å²) < 4.78 is 0. The first-order chi connectivity index (χ1) is 6.38. The molecule has 0 aliphatic heterocycles. The minimum atomic E-state index is 0.478. The third-order valence-electron chi connectivity index (χ3n) is 2.58. The molecule has 0 saturated heterocycles. The largest absolute Gasteiger partial charge is 0.271 e. The number of nitrogens with two attached hydrogens (primary N) is 1. The maximum atomic E-state index is 5.52. The van der Waals surface area contributed by atoms with Crippen LogP contribution in [0.4, 0.5) is 0 Å². The van der Waals surface area contributed by atoms with Crippen LogP contribution in [0.5, 0.6) is 0 Å². The van der Waals surface area contributed by atoms with Crippen LogP contribution in [0, 0.1) is 5.92 Å². The summed E-state index contributed by atoms with van der Waals surface area (Å²) in [7, 11) is 0. The van der Waals surface area contributed by atoms with Gasteiger partial charge in [0.05, 0.1) is 0 Å². The topological polar surface area (TPSA) is 38.0 Å². The van der Waals surface area contributed by atoms with Crippen molar-refractivity contribution in [3.63, 3.8) is 0 Å². The molecule has 0 aromatic carbocycles. The molecule has 13 heavy (non-hydrogen) atoms. The molecule has 0 amide bonds. The van der Waals surface area contributed by atoms with Crippen molar-refractivity contribution >= 4 is 11.3 Å². The van der Waals surface area contributed by atoms with Crippen LogP contribution in [0.15, 0.2) is 17.5 Å². The molecule has 1 saturated carbocycles. The van der Waals surface area contributed by atoms with Gasteiger partial charge in [-0.2, -0.15) is 0 Å². The number of hydrogen-bond donors (Lipinski definition) is 2. The van der Waals surface area contributed by atoms with Gasteiger partial charge in [-0.1, -0.05) is 18.9 Å². The molecule has 3 N–H and O–H groups in total. The molecule has 2 rings (SSSR count). The average Bonchev–Trinajstić information content (AvgIpc) is 2.80. The van der Waals surface area contributed by atoms with E-state index >= 15 is 0 Å². The quantitative estimate of drug-likeness (QED) is 0.558. The second-order valence-electron chi connectivity index (χ2n) is 3.83. The van der Waals surface area contributed by atoms with Crippen molar-refractivity contribution in [2.24, 2.45) is 11.8 Å². The van der Waals surface area contributed by atoms with E-state index in [0.29, 0.717) is 6.04 Å². The van der Waals surface area contributed by atoms with E-state index in [0.717, 1.165) is 12.3 Å². The molecule has 0 bridgehead atoms. The van der Waals surface area contributed by atoms with E-state index in [2.05, 4.69) is 22.9 Å². The van der Waals surface area contributed by atoms with Gasteiger partial charge in [-0.3, -0.25) is 11.3 Å². The van der Waals surface area contributed by atoms with Gasteiger partial charge in [-0.05, 0) is 30.2 Å². The van der Waals surface area contributed by atoms with Gasteiger partial charge in [0.15, 0.2) is 0 Å². The zero-order valence-electron chi connectivity index (χ0n) is 7.70. The highest BCUT2D eigenvalue weighted by molar-refractivity contribution is 7.09. The zero-order valence-corrected chi connectivity index (χ0v) is 8.52. The maximum absolute atomic E-state index is 5.52. The van der Waals surface area contributed by atoms with Crippen LogP contribution in [0.1, 0.15) is 24.1 Å². The normalized spacial score (nSPS) is 18.8. The fourth-order valence-corrected chi connectivity index (χ4v) is 2.42. The van der Waals surface area contributed by atoms with Gasteiger partial charge in [0.1, 0.15) is 0 Å². The first-order valence-electron chi connectivity index (χ1n) is 4.87. The van der Waals surface area contributed by atoms with Crippen LogP contribution < -0.4 is 11.3 Å². The van der Waals surface area contributed by atoms with Crippen LogP contribution in [0.2, 0.25) is 0 Å². The molecule has 2 nitrogen and oxygen atoms in total. The van der Waals surface area contributed by atoms with E-state index in [1.807, 2.05) is 11.3 Å². The Morgan fingerprint density at radius 2 is 2.46 bits per heavy atom. The van der Waals surface area contributed by atoms with Gasteiger partial charge in [-0.15, -0.1) is 11.3 Å². The van der Waals surface area contributed by atoms with Crippen molar-refractivity contribution < 1.29 is 0 Å². The van der Waals surface area contributed by atoms with Crippen molar-refractivity contribution in [2.45, 2.75) is 31.7 Å². The number of nitrogens with one attached hydrogen (secondary N) is 1. The molecule has 1 aliphatic rings. The smallest absolute Gasteiger partial charge is 0.0261 e. The van der Waals surface area contributed by atoms with Crippen LogP contribution in [-0.2, 0) is 6.42 Å². The fourth-order valence-electron chi connectivity index (χ4n) is 1.64. The van der Waals surface area contributed by atoms with Crippen molar-refractivity contribution in [2.75, 3.05) is 0 Å². The van der Waals surface area contributed by atoms with E-state index in [9.17, 15) is 0 Å². The minimum Gasteiger partial charge on any atom is -0.271 e. The fraction of sp³-hybridized carbons (Fsp3) is 0.600. The number of rotatable bonds is 5. The van der Waals surface area contributed by atoms with Gasteiger partial charge < -0.3 is 0 Å². The standard InChI is InChI=1S/C10H16N2S/c11-12-9(6-8-3-4-8)7-10-2-1-5-13-10/h1-2,5,8-9,12H,3-4,6-7,11H2. The Labute approximate surface area is 83.1 Å². The highest BCUT2D eigenvalue weighted by Crippen LogP contribution is 2.34. The van der Waals surface area contributed by atoms with Crippen molar-refractivity contribution in [3.05, 3.63) is 22.4 Å². The second kappa shape index (κ2) is 4.22. The molecular formula is C10H16N2S. The lowest BCUT2D eigenvalue weighted by atomic mass is 10.1. The molecule has 1 aromatic rings. The Hall–Kier alpha value is -0.380. The Morgan fingerprint density at radius 1 is 1.62 bits per heavy atom. The van der Waals surface area contributed by atoms with Gasteiger partial charge >= 0.3 is 0 Å². The SMILES string of the molecule is NNC(Cc1cccs1)CC1CC1. The van der Waals surface area contributed by atoms with E-state index < -0.39 is 0 Å². The molecule has 0 radical (unpaired) electrons.